The van der Waals surface area contributed by atoms with E-state index in [-0.39, 0.29) is 5.91 Å². The summed E-state index contributed by atoms with van der Waals surface area (Å²) >= 11 is 0. The van der Waals surface area contributed by atoms with E-state index in [0.29, 0.717) is 12.6 Å². The number of imidazole rings is 1. The molecule has 23 heavy (non-hydrogen) atoms. The van der Waals surface area contributed by atoms with Crippen molar-refractivity contribution in [1.82, 2.24) is 14.5 Å². The Balaban J connectivity index is 1.55. The van der Waals surface area contributed by atoms with Gasteiger partial charge in [0.25, 0.3) is 0 Å². The van der Waals surface area contributed by atoms with Crippen molar-refractivity contribution in [3.8, 4) is 0 Å². The molecule has 0 spiro atoms. The van der Waals surface area contributed by atoms with Crippen LogP contribution in [0.15, 0.2) is 36.9 Å². The Kier molecular flexibility index (Phi) is 3.87. The van der Waals surface area contributed by atoms with Crippen LogP contribution in [0.1, 0.15) is 36.4 Å². The van der Waals surface area contributed by atoms with E-state index in [2.05, 4.69) is 31.9 Å². The molecule has 1 aromatic heterocycles. The quantitative estimate of drug-likeness (QED) is 0.944. The molecular formula is C18H22N4O. The second kappa shape index (κ2) is 6.16. The van der Waals surface area contributed by atoms with Gasteiger partial charge in [-0.05, 0) is 42.9 Å². The van der Waals surface area contributed by atoms with Crippen molar-refractivity contribution in [3.63, 3.8) is 0 Å². The first-order valence-electron chi connectivity index (χ1n) is 8.43. The number of nitrogens with one attached hydrogen (secondary N) is 1. The topological polar surface area (TPSA) is 50.2 Å². The summed E-state index contributed by atoms with van der Waals surface area (Å²) in [5.41, 5.74) is 3.78. The molecule has 0 fully saturated rings. The van der Waals surface area contributed by atoms with Crippen LogP contribution in [-0.2, 0) is 17.8 Å². The van der Waals surface area contributed by atoms with E-state index in [1.807, 2.05) is 24.8 Å². The highest BCUT2D eigenvalue weighted by Gasteiger charge is 2.32. The number of aryl methyl sites for hydroxylation is 2. The van der Waals surface area contributed by atoms with Gasteiger partial charge < -0.3 is 9.88 Å². The highest BCUT2D eigenvalue weighted by molar-refractivity contribution is 5.94. The first-order chi connectivity index (χ1) is 11.3. The monoisotopic (exact) mass is 310 g/mol. The first-order valence-corrected chi connectivity index (χ1v) is 8.43. The van der Waals surface area contributed by atoms with Gasteiger partial charge in [-0.25, -0.2) is 4.98 Å². The van der Waals surface area contributed by atoms with Crippen LogP contribution in [0.4, 0.5) is 5.69 Å². The number of anilines is 1. The summed E-state index contributed by atoms with van der Waals surface area (Å²) in [5, 5.41) is 3.10. The second-order valence-corrected chi connectivity index (χ2v) is 6.46. The van der Waals surface area contributed by atoms with Crippen molar-refractivity contribution in [1.29, 1.82) is 0 Å². The lowest BCUT2D eigenvalue weighted by Crippen LogP contribution is -2.35. The number of benzene rings is 1. The van der Waals surface area contributed by atoms with Gasteiger partial charge >= 0.3 is 0 Å². The van der Waals surface area contributed by atoms with Crippen molar-refractivity contribution in [2.75, 3.05) is 18.4 Å². The minimum atomic E-state index is 0.107. The zero-order valence-corrected chi connectivity index (χ0v) is 13.2. The average Bonchev–Trinajstić information content (AvgIpc) is 3.02. The first kappa shape index (κ1) is 14.5. The molecule has 5 nitrogen and oxygen atoms in total. The molecule has 2 aliphatic rings. The van der Waals surface area contributed by atoms with E-state index < -0.39 is 0 Å². The molecule has 1 N–H and O–H groups in total. The van der Waals surface area contributed by atoms with E-state index in [0.717, 1.165) is 38.0 Å². The summed E-state index contributed by atoms with van der Waals surface area (Å²) < 4.78 is 2.10. The number of carbonyl (C=O) groups excluding carboxylic acids is 1. The van der Waals surface area contributed by atoms with E-state index in [1.165, 1.54) is 17.5 Å². The number of carbonyl (C=O) groups is 1. The summed E-state index contributed by atoms with van der Waals surface area (Å²) in [6.07, 6.45) is 10.1. The minimum absolute atomic E-state index is 0.107. The van der Waals surface area contributed by atoms with Crippen LogP contribution in [-0.4, -0.2) is 33.4 Å². The number of amides is 1. The number of rotatable bonds is 4. The van der Waals surface area contributed by atoms with Crippen LogP contribution < -0.4 is 5.32 Å². The lowest BCUT2D eigenvalue weighted by Gasteiger charge is -2.34. The molecule has 1 aliphatic carbocycles. The van der Waals surface area contributed by atoms with Crippen molar-refractivity contribution >= 4 is 11.6 Å². The predicted octanol–water partition coefficient (Wildman–Crippen LogP) is 2.60. The fourth-order valence-corrected chi connectivity index (χ4v) is 3.92. The largest absolute Gasteiger partial charge is 0.337 e. The molecule has 0 bridgehead atoms. The van der Waals surface area contributed by atoms with Crippen LogP contribution in [0.3, 0.4) is 0 Å². The highest BCUT2D eigenvalue weighted by Crippen LogP contribution is 2.40. The Labute approximate surface area is 136 Å². The zero-order valence-electron chi connectivity index (χ0n) is 13.2. The molecule has 0 saturated heterocycles. The molecule has 1 atom stereocenters. The van der Waals surface area contributed by atoms with Gasteiger partial charge in [0.15, 0.2) is 0 Å². The van der Waals surface area contributed by atoms with Crippen LogP contribution in [0.25, 0.3) is 0 Å². The summed E-state index contributed by atoms with van der Waals surface area (Å²) in [4.78, 5) is 18.7. The molecule has 0 radical (unpaired) electrons. The van der Waals surface area contributed by atoms with Crippen molar-refractivity contribution in [3.05, 3.63) is 48.0 Å². The summed E-state index contributed by atoms with van der Waals surface area (Å²) in [6, 6.07) is 6.69. The number of aromatic nitrogens is 2. The summed E-state index contributed by atoms with van der Waals surface area (Å²) in [5.74, 6) is 0.107. The molecule has 0 saturated carbocycles. The smallest absolute Gasteiger partial charge is 0.238 e. The second-order valence-electron chi connectivity index (χ2n) is 6.46. The Bertz CT molecular complexity index is 695. The Morgan fingerprint density at radius 3 is 3.13 bits per heavy atom. The standard InChI is InChI=1S/C18H22N4O/c23-17-12-22(10-3-9-21-11-8-19-13-21)16-7-2-5-14-4-1-6-15(20-17)18(14)16/h1,4,6,8,11,13,16H,2-3,5,7,9-10,12H2,(H,20,23). The molecule has 2 heterocycles. The molecule has 5 heteroatoms. The molecule has 2 aromatic rings. The van der Waals surface area contributed by atoms with Crippen LogP contribution in [0, 0.1) is 0 Å². The molecule has 1 amide bonds. The van der Waals surface area contributed by atoms with E-state index >= 15 is 0 Å². The summed E-state index contributed by atoms with van der Waals surface area (Å²) in [7, 11) is 0. The van der Waals surface area contributed by atoms with Gasteiger partial charge in [0.05, 0.1) is 12.9 Å². The molecular weight excluding hydrogens is 288 g/mol. The fourth-order valence-electron chi connectivity index (χ4n) is 3.92. The maximum atomic E-state index is 12.3. The number of hydrogen-bond donors (Lipinski definition) is 1. The molecule has 120 valence electrons. The molecule has 1 aromatic carbocycles. The fraction of sp³-hybridized carbons (Fsp3) is 0.444. The van der Waals surface area contributed by atoms with Crippen LogP contribution in [0.5, 0.6) is 0 Å². The molecule has 1 unspecified atom stereocenters. The number of hydrogen-bond acceptors (Lipinski definition) is 3. The Morgan fingerprint density at radius 2 is 2.26 bits per heavy atom. The van der Waals surface area contributed by atoms with Crippen LogP contribution in [0.2, 0.25) is 0 Å². The third kappa shape index (κ3) is 2.88. The normalized spacial score (nSPS) is 20.7. The van der Waals surface area contributed by atoms with Crippen molar-refractivity contribution in [2.45, 2.75) is 38.3 Å². The third-order valence-corrected chi connectivity index (χ3v) is 4.94. The average molecular weight is 310 g/mol. The van der Waals surface area contributed by atoms with Gasteiger partial charge in [0.2, 0.25) is 5.91 Å². The predicted molar refractivity (Wildman–Crippen MR) is 89.2 cm³/mol. The van der Waals surface area contributed by atoms with E-state index in [9.17, 15) is 4.79 Å². The van der Waals surface area contributed by atoms with Gasteiger partial charge in [-0.1, -0.05) is 12.1 Å². The lowest BCUT2D eigenvalue weighted by molar-refractivity contribution is -0.117. The highest BCUT2D eigenvalue weighted by atomic mass is 16.2. The maximum Gasteiger partial charge on any atom is 0.238 e. The van der Waals surface area contributed by atoms with Crippen molar-refractivity contribution < 1.29 is 4.79 Å². The van der Waals surface area contributed by atoms with Gasteiger partial charge in [-0.15, -0.1) is 0 Å². The van der Waals surface area contributed by atoms with Crippen molar-refractivity contribution in [2.24, 2.45) is 0 Å². The maximum absolute atomic E-state index is 12.3. The molecule has 4 rings (SSSR count). The zero-order chi connectivity index (χ0) is 15.6. The van der Waals surface area contributed by atoms with Gasteiger partial charge in [-0.3, -0.25) is 9.69 Å². The lowest BCUT2D eigenvalue weighted by atomic mass is 9.86. The van der Waals surface area contributed by atoms with Gasteiger partial charge in [0.1, 0.15) is 0 Å². The third-order valence-electron chi connectivity index (χ3n) is 4.94. The molecule has 1 aliphatic heterocycles. The van der Waals surface area contributed by atoms with E-state index in [4.69, 9.17) is 0 Å². The minimum Gasteiger partial charge on any atom is -0.337 e. The van der Waals surface area contributed by atoms with E-state index in [1.54, 1.807) is 0 Å². The Hall–Kier alpha value is -2.14. The SMILES string of the molecule is O=C1CN(CCCn2ccnc2)C2CCCc3cccc(c32)N1. The number of nitrogens with zero attached hydrogens (tertiary/aromatic N) is 3. The van der Waals surface area contributed by atoms with Gasteiger partial charge in [0, 0.05) is 37.2 Å². The van der Waals surface area contributed by atoms with Gasteiger partial charge in [-0.2, -0.15) is 0 Å². The summed E-state index contributed by atoms with van der Waals surface area (Å²) in [6.45, 7) is 2.37. The van der Waals surface area contributed by atoms with Crippen LogP contribution >= 0.6 is 0 Å². The Morgan fingerprint density at radius 1 is 1.30 bits per heavy atom.